The van der Waals surface area contributed by atoms with Gasteiger partial charge in [-0.05, 0) is 25.0 Å². The van der Waals surface area contributed by atoms with Gasteiger partial charge in [-0.1, -0.05) is 19.9 Å². The van der Waals surface area contributed by atoms with Crippen LogP contribution in [0.15, 0.2) is 18.2 Å². The van der Waals surface area contributed by atoms with Gasteiger partial charge < -0.3 is 15.0 Å². The second-order valence-electron chi connectivity index (χ2n) is 5.96. The lowest BCUT2D eigenvalue weighted by Crippen LogP contribution is -2.36. The first-order valence-electron chi connectivity index (χ1n) is 8.04. The molecule has 1 N–H and O–H groups in total. The summed E-state index contributed by atoms with van der Waals surface area (Å²) >= 11 is 0. The molecular formula is C17H24N2O2. The first-order chi connectivity index (χ1) is 10.2. The average molecular weight is 288 g/mol. The van der Waals surface area contributed by atoms with Crippen molar-refractivity contribution in [3.05, 3.63) is 23.8 Å². The van der Waals surface area contributed by atoms with Gasteiger partial charge in [0.25, 0.3) is 0 Å². The summed E-state index contributed by atoms with van der Waals surface area (Å²) in [5, 5.41) is 3.10. The third kappa shape index (κ3) is 2.85. The Hall–Kier alpha value is -1.71. The minimum atomic E-state index is 0.148. The normalized spacial score (nSPS) is 23.8. The van der Waals surface area contributed by atoms with E-state index in [4.69, 9.17) is 4.74 Å². The van der Waals surface area contributed by atoms with Gasteiger partial charge in [-0.25, -0.2) is 0 Å². The number of anilines is 1. The standard InChI is InChI=1S/C17H24N2O2/c1-3-13-10-14-15(6-5-7-16(14)21-13)19-9-8-12(11-19)18-17(20)4-2/h5-7,12-13H,3-4,8-11H2,1-2H3,(H,18,20). The summed E-state index contributed by atoms with van der Waals surface area (Å²) in [6.45, 7) is 5.97. The number of hydrogen-bond acceptors (Lipinski definition) is 3. The average Bonchev–Trinajstić information content (AvgIpc) is 3.12. The first kappa shape index (κ1) is 14.2. The zero-order chi connectivity index (χ0) is 14.8. The molecule has 0 aromatic heterocycles. The molecule has 1 amide bonds. The van der Waals surface area contributed by atoms with E-state index in [-0.39, 0.29) is 11.9 Å². The lowest BCUT2D eigenvalue weighted by atomic mass is 10.1. The maximum atomic E-state index is 11.5. The van der Waals surface area contributed by atoms with Crippen LogP contribution >= 0.6 is 0 Å². The van der Waals surface area contributed by atoms with E-state index in [1.54, 1.807) is 0 Å². The van der Waals surface area contributed by atoms with Crippen LogP contribution in [-0.4, -0.2) is 31.1 Å². The Morgan fingerprint density at radius 2 is 2.29 bits per heavy atom. The fourth-order valence-corrected chi connectivity index (χ4v) is 3.27. The Morgan fingerprint density at radius 3 is 3.05 bits per heavy atom. The van der Waals surface area contributed by atoms with Gasteiger partial charge in [0.05, 0.1) is 0 Å². The number of ether oxygens (including phenoxy) is 1. The van der Waals surface area contributed by atoms with Crippen molar-refractivity contribution in [1.82, 2.24) is 5.32 Å². The van der Waals surface area contributed by atoms with E-state index >= 15 is 0 Å². The number of carbonyl (C=O) groups excluding carboxylic acids is 1. The highest BCUT2D eigenvalue weighted by atomic mass is 16.5. The molecular weight excluding hydrogens is 264 g/mol. The minimum Gasteiger partial charge on any atom is -0.490 e. The van der Waals surface area contributed by atoms with Gasteiger partial charge in [-0.3, -0.25) is 4.79 Å². The molecule has 2 aliphatic rings. The van der Waals surface area contributed by atoms with Crippen LogP contribution in [0.25, 0.3) is 0 Å². The summed E-state index contributed by atoms with van der Waals surface area (Å²) in [6.07, 6.45) is 3.95. The molecule has 0 spiro atoms. The summed E-state index contributed by atoms with van der Waals surface area (Å²) in [7, 11) is 0. The number of fused-ring (bicyclic) bond motifs is 1. The van der Waals surface area contributed by atoms with E-state index in [1.807, 2.05) is 6.92 Å². The second-order valence-corrected chi connectivity index (χ2v) is 5.96. The van der Waals surface area contributed by atoms with Crippen LogP contribution in [0.3, 0.4) is 0 Å². The Morgan fingerprint density at radius 1 is 1.43 bits per heavy atom. The van der Waals surface area contributed by atoms with Gasteiger partial charge in [0.15, 0.2) is 0 Å². The molecule has 2 aliphatic heterocycles. The smallest absolute Gasteiger partial charge is 0.219 e. The van der Waals surface area contributed by atoms with Gasteiger partial charge in [0.1, 0.15) is 11.9 Å². The van der Waals surface area contributed by atoms with E-state index in [9.17, 15) is 4.79 Å². The molecule has 1 fully saturated rings. The quantitative estimate of drug-likeness (QED) is 0.925. The molecule has 0 radical (unpaired) electrons. The topological polar surface area (TPSA) is 41.6 Å². The number of rotatable bonds is 4. The van der Waals surface area contributed by atoms with Crippen molar-refractivity contribution in [2.45, 2.75) is 51.7 Å². The van der Waals surface area contributed by atoms with E-state index in [0.717, 1.165) is 38.1 Å². The molecule has 1 saturated heterocycles. The molecule has 2 unspecified atom stereocenters. The number of nitrogens with zero attached hydrogens (tertiary/aromatic N) is 1. The summed E-state index contributed by atoms with van der Waals surface area (Å²) in [6, 6.07) is 6.60. The highest BCUT2D eigenvalue weighted by molar-refractivity contribution is 5.76. The summed E-state index contributed by atoms with van der Waals surface area (Å²) in [5.41, 5.74) is 2.63. The molecule has 0 saturated carbocycles. The van der Waals surface area contributed by atoms with Gasteiger partial charge in [-0.15, -0.1) is 0 Å². The van der Waals surface area contributed by atoms with Crippen molar-refractivity contribution < 1.29 is 9.53 Å². The maximum Gasteiger partial charge on any atom is 0.219 e. The molecule has 1 aromatic rings. The van der Waals surface area contributed by atoms with E-state index in [1.165, 1.54) is 11.3 Å². The zero-order valence-corrected chi connectivity index (χ0v) is 12.9. The van der Waals surface area contributed by atoms with E-state index in [2.05, 4.69) is 35.3 Å². The van der Waals surface area contributed by atoms with Crippen LogP contribution in [0.4, 0.5) is 5.69 Å². The van der Waals surface area contributed by atoms with Gasteiger partial charge in [-0.2, -0.15) is 0 Å². The van der Waals surface area contributed by atoms with Crippen LogP contribution in [-0.2, 0) is 11.2 Å². The first-order valence-corrected chi connectivity index (χ1v) is 8.04. The van der Waals surface area contributed by atoms with Crippen LogP contribution in [0.1, 0.15) is 38.7 Å². The minimum absolute atomic E-state index is 0.148. The lowest BCUT2D eigenvalue weighted by molar-refractivity contribution is -0.121. The molecule has 1 aromatic carbocycles. The molecule has 4 nitrogen and oxygen atoms in total. The van der Waals surface area contributed by atoms with Crippen LogP contribution in [0.2, 0.25) is 0 Å². The summed E-state index contributed by atoms with van der Waals surface area (Å²) in [4.78, 5) is 13.9. The van der Waals surface area contributed by atoms with E-state index in [0.29, 0.717) is 12.5 Å². The highest BCUT2D eigenvalue weighted by Crippen LogP contribution is 2.38. The van der Waals surface area contributed by atoms with Crippen molar-refractivity contribution in [3.63, 3.8) is 0 Å². The van der Waals surface area contributed by atoms with Crippen molar-refractivity contribution in [2.75, 3.05) is 18.0 Å². The predicted molar refractivity (Wildman–Crippen MR) is 83.9 cm³/mol. The molecule has 0 aliphatic carbocycles. The van der Waals surface area contributed by atoms with Crippen molar-refractivity contribution >= 4 is 11.6 Å². The number of benzene rings is 1. The van der Waals surface area contributed by atoms with Gasteiger partial charge in [0.2, 0.25) is 5.91 Å². The predicted octanol–water partition coefficient (Wildman–Crippen LogP) is 2.51. The monoisotopic (exact) mass is 288 g/mol. The van der Waals surface area contributed by atoms with Crippen LogP contribution < -0.4 is 15.0 Å². The summed E-state index contributed by atoms with van der Waals surface area (Å²) < 4.78 is 5.97. The highest BCUT2D eigenvalue weighted by Gasteiger charge is 2.29. The lowest BCUT2D eigenvalue weighted by Gasteiger charge is -2.21. The third-order valence-electron chi connectivity index (χ3n) is 4.50. The SMILES string of the molecule is CCC(=O)NC1CCN(c2cccc3c2CC(CC)O3)C1. The van der Waals surface area contributed by atoms with Crippen molar-refractivity contribution in [3.8, 4) is 5.75 Å². The van der Waals surface area contributed by atoms with Gasteiger partial charge >= 0.3 is 0 Å². The van der Waals surface area contributed by atoms with Gasteiger partial charge in [0, 0.05) is 43.2 Å². The maximum absolute atomic E-state index is 11.5. The molecule has 114 valence electrons. The molecule has 0 bridgehead atoms. The fraction of sp³-hybridized carbons (Fsp3) is 0.588. The Labute approximate surface area is 126 Å². The molecule has 2 atom stereocenters. The zero-order valence-electron chi connectivity index (χ0n) is 12.9. The molecule has 3 rings (SSSR count). The van der Waals surface area contributed by atoms with Crippen LogP contribution in [0, 0.1) is 0 Å². The molecule has 4 heteroatoms. The third-order valence-corrected chi connectivity index (χ3v) is 4.50. The summed E-state index contributed by atoms with van der Waals surface area (Å²) in [5.74, 6) is 1.19. The number of amides is 1. The second kappa shape index (κ2) is 5.96. The molecule has 21 heavy (non-hydrogen) atoms. The Balaban J connectivity index is 1.72. The fourth-order valence-electron chi connectivity index (χ4n) is 3.27. The van der Waals surface area contributed by atoms with Crippen molar-refractivity contribution in [2.24, 2.45) is 0 Å². The molecule has 2 heterocycles. The number of nitrogens with one attached hydrogen (secondary N) is 1. The Bertz CT molecular complexity index is 530. The van der Waals surface area contributed by atoms with Crippen molar-refractivity contribution in [1.29, 1.82) is 0 Å². The largest absolute Gasteiger partial charge is 0.490 e. The number of hydrogen-bond donors (Lipinski definition) is 1. The number of carbonyl (C=O) groups is 1. The Kier molecular flexibility index (Phi) is 4.04. The van der Waals surface area contributed by atoms with E-state index < -0.39 is 0 Å². The van der Waals surface area contributed by atoms with Crippen LogP contribution in [0.5, 0.6) is 5.75 Å².